The van der Waals surface area contributed by atoms with Crippen LogP contribution in [0.15, 0.2) is 17.0 Å². The molecule has 1 fully saturated rings. The molecule has 1 aromatic rings. The first-order valence-electron chi connectivity index (χ1n) is 5.13. The fourth-order valence-electron chi connectivity index (χ4n) is 1.47. The molecule has 6 nitrogen and oxygen atoms in total. The van der Waals surface area contributed by atoms with Crippen LogP contribution in [0.25, 0.3) is 0 Å². The maximum atomic E-state index is 13.5. The molecule has 0 amide bonds. The van der Waals surface area contributed by atoms with Crippen LogP contribution in [0, 0.1) is 5.82 Å². The molecule has 1 heterocycles. The van der Waals surface area contributed by atoms with E-state index in [1.165, 1.54) is 0 Å². The van der Waals surface area contributed by atoms with Crippen molar-refractivity contribution in [1.82, 2.24) is 4.72 Å². The molecule has 104 valence electrons. The zero-order chi connectivity index (χ0) is 14.2. The molecule has 0 saturated carbocycles. The third kappa shape index (κ3) is 2.86. The van der Waals surface area contributed by atoms with Crippen molar-refractivity contribution in [2.24, 2.45) is 0 Å². The Morgan fingerprint density at radius 1 is 1.47 bits per heavy atom. The van der Waals surface area contributed by atoms with Gasteiger partial charge in [0, 0.05) is 0 Å². The maximum absolute atomic E-state index is 13.5. The summed E-state index contributed by atoms with van der Waals surface area (Å²) >= 11 is 5.46. The van der Waals surface area contributed by atoms with Crippen LogP contribution in [-0.2, 0) is 14.8 Å². The van der Waals surface area contributed by atoms with Crippen molar-refractivity contribution in [3.8, 4) is 0 Å². The number of carbonyl (C=O) groups is 1. The highest BCUT2D eigenvalue weighted by atomic mass is 35.5. The lowest BCUT2D eigenvalue weighted by atomic mass is 10.2. The van der Waals surface area contributed by atoms with Crippen molar-refractivity contribution in [3.05, 3.63) is 28.5 Å². The Labute approximate surface area is 113 Å². The second kappa shape index (κ2) is 5.04. The van der Waals surface area contributed by atoms with Gasteiger partial charge in [-0.05, 0) is 12.1 Å². The van der Waals surface area contributed by atoms with Gasteiger partial charge in [0.1, 0.15) is 5.82 Å². The minimum atomic E-state index is -4.01. The molecule has 0 spiro atoms. The van der Waals surface area contributed by atoms with E-state index in [0.717, 1.165) is 6.07 Å². The smallest absolute Gasteiger partial charge is 0.337 e. The van der Waals surface area contributed by atoms with E-state index in [1.54, 1.807) is 0 Å². The number of hydrogen-bond acceptors (Lipinski definition) is 4. The summed E-state index contributed by atoms with van der Waals surface area (Å²) in [6.45, 7) is 0.447. The second-order valence-electron chi connectivity index (χ2n) is 3.93. The van der Waals surface area contributed by atoms with Gasteiger partial charge in [0.05, 0.1) is 34.7 Å². The van der Waals surface area contributed by atoms with E-state index in [9.17, 15) is 17.6 Å². The first-order chi connectivity index (χ1) is 8.81. The fraction of sp³-hybridized carbons (Fsp3) is 0.300. The van der Waals surface area contributed by atoms with Crippen molar-refractivity contribution in [3.63, 3.8) is 0 Å². The topological polar surface area (TPSA) is 92.7 Å². The SMILES string of the molecule is O=C(O)c1cc(S(=O)(=O)NC2COC2)cc(F)c1Cl. The van der Waals surface area contributed by atoms with Crippen LogP contribution in [0.4, 0.5) is 4.39 Å². The minimum Gasteiger partial charge on any atom is -0.478 e. The summed E-state index contributed by atoms with van der Waals surface area (Å²) in [5, 5.41) is 8.21. The molecule has 9 heteroatoms. The van der Waals surface area contributed by atoms with Gasteiger partial charge in [0.2, 0.25) is 10.0 Å². The molecule has 0 unspecified atom stereocenters. The number of hydrogen-bond donors (Lipinski definition) is 2. The molecule has 1 aliphatic heterocycles. The monoisotopic (exact) mass is 309 g/mol. The summed E-state index contributed by atoms with van der Waals surface area (Å²) in [5.41, 5.74) is -0.605. The van der Waals surface area contributed by atoms with Crippen molar-refractivity contribution >= 4 is 27.6 Å². The third-order valence-corrected chi connectivity index (χ3v) is 4.39. The minimum absolute atomic E-state index is 0.223. The predicted molar refractivity (Wildman–Crippen MR) is 63.3 cm³/mol. The van der Waals surface area contributed by atoms with E-state index >= 15 is 0 Å². The highest BCUT2D eigenvalue weighted by molar-refractivity contribution is 7.89. The summed E-state index contributed by atoms with van der Waals surface area (Å²) in [6, 6.07) is 1.10. The van der Waals surface area contributed by atoms with Gasteiger partial charge in [-0.15, -0.1) is 0 Å². The normalized spacial score (nSPS) is 16.1. The van der Waals surface area contributed by atoms with Gasteiger partial charge in [-0.1, -0.05) is 11.6 Å². The summed E-state index contributed by atoms with van der Waals surface area (Å²) in [5.74, 6) is -2.61. The molecule has 19 heavy (non-hydrogen) atoms. The number of ether oxygens (including phenoxy) is 1. The van der Waals surface area contributed by atoms with Crippen LogP contribution in [0.3, 0.4) is 0 Å². The molecular weight excluding hydrogens is 301 g/mol. The third-order valence-electron chi connectivity index (χ3n) is 2.50. The molecule has 1 saturated heterocycles. The van der Waals surface area contributed by atoms with Gasteiger partial charge in [0.25, 0.3) is 0 Å². The van der Waals surface area contributed by atoms with Gasteiger partial charge in [0.15, 0.2) is 0 Å². The fourth-order valence-corrected chi connectivity index (χ4v) is 2.90. The lowest BCUT2D eigenvalue weighted by Gasteiger charge is -2.26. The highest BCUT2D eigenvalue weighted by Crippen LogP contribution is 2.24. The molecule has 0 aromatic heterocycles. The lowest BCUT2D eigenvalue weighted by Crippen LogP contribution is -2.48. The van der Waals surface area contributed by atoms with E-state index in [2.05, 4.69) is 4.72 Å². The largest absolute Gasteiger partial charge is 0.478 e. The molecule has 0 bridgehead atoms. The summed E-state index contributed by atoms with van der Waals surface area (Å²) < 4.78 is 44.3. The van der Waals surface area contributed by atoms with E-state index in [0.29, 0.717) is 6.07 Å². The van der Waals surface area contributed by atoms with E-state index in [-0.39, 0.29) is 13.2 Å². The predicted octanol–water partition coefficient (Wildman–Crippen LogP) is 0.854. The Morgan fingerprint density at radius 3 is 2.58 bits per heavy atom. The van der Waals surface area contributed by atoms with Crippen LogP contribution in [-0.4, -0.2) is 38.7 Å². The van der Waals surface area contributed by atoms with Crippen LogP contribution < -0.4 is 4.72 Å². The molecule has 0 aliphatic carbocycles. The number of halogens is 2. The molecule has 0 radical (unpaired) electrons. The number of carboxylic acid groups (broad SMARTS) is 1. The Balaban J connectivity index is 2.41. The Morgan fingerprint density at radius 2 is 2.11 bits per heavy atom. The first-order valence-corrected chi connectivity index (χ1v) is 7.00. The average Bonchev–Trinajstić information content (AvgIpc) is 2.26. The first kappa shape index (κ1) is 14.2. The number of benzene rings is 1. The average molecular weight is 310 g/mol. The van der Waals surface area contributed by atoms with E-state index < -0.39 is 43.3 Å². The number of nitrogens with one attached hydrogen (secondary N) is 1. The highest BCUT2D eigenvalue weighted by Gasteiger charge is 2.27. The summed E-state index contributed by atoms with van der Waals surface area (Å²) in [7, 11) is -4.01. The van der Waals surface area contributed by atoms with Gasteiger partial charge >= 0.3 is 5.97 Å². The van der Waals surface area contributed by atoms with Crippen molar-refractivity contribution in [1.29, 1.82) is 0 Å². The number of rotatable bonds is 4. The number of carboxylic acids is 1. The second-order valence-corrected chi connectivity index (χ2v) is 6.02. The Bertz CT molecular complexity index is 629. The quantitative estimate of drug-likeness (QED) is 0.860. The zero-order valence-corrected chi connectivity index (χ0v) is 11.0. The Hall–Kier alpha value is -1.22. The molecule has 2 rings (SSSR count). The molecular formula is C10H9ClFNO5S. The van der Waals surface area contributed by atoms with Crippen molar-refractivity contribution < 1.29 is 27.4 Å². The standard InChI is InChI=1S/C10H9ClFNO5S/c11-9-7(10(14)15)1-6(2-8(9)12)19(16,17)13-5-3-18-4-5/h1-2,5,13H,3-4H2,(H,14,15). The lowest BCUT2D eigenvalue weighted by molar-refractivity contribution is 0.00482. The van der Waals surface area contributed by atoms with E-state index in [4.69, 9.17) is 21.4 Å². The van der Waals surface area contributed by atoms with Crippen LogP contribution >= 0.6 is 11.6 Å². The van der Waals surface area contributed by atoms with Crippen LogP contribution in [0.5, 0.6) is 0 Å². The van der Waals surface area contributed by atoms with Gasteiger partial charge in [-0.3, -0.25) is 0 Å². The van der Waals surface area contributed by atoms with Crippen LogP contribution in [0.2, 0.25) is 5.02 Å². The summed E-state index contributed by atoms with van der Waals surface area (Å²) in [4.78, 5) is 10.4. The summed E-state index contributed by atoms with van der Waals surface area (Å²) in [6.07, 6.45) is 0. The van der Waals surface area contributed by atoms with Crippen LogP contribution in [0.1, 0.15) is 10.4 Å². The zero-order valence-electron chi connectivity index (χ0n) is 9.39. The van der Waals surface area contributed by atoms with Crippen molar-refractivity contribution in [2.75, 3.05) is 13.2 Å². The molecule has 1 aliphatic rings. The molecule has 0 atom stereocenters. The molecule has 2 N–H and O–H groups in total. The van der Waals surface area contributed by atoms with Gasteiger partial charge in [-0.25, -0.2) is 22.3 Å². The maximum Gasteiger partial charge on any atom is 0.337 e. The van der Waals surface area contributed by atoms with Gasteiger partial charge in [-0.2, -0.15) is 0 Å². The molecule has 1 aromatic carbocycles. The Kier molecular flexibility index (Phi) is 3.77. The van der Waals surface area contributed by atoms with Gasteiger partial charge < -0.3 is 9.84 Å². The van der Waals surface area contributed by atoms with Crippen molar-refractivity contribution in [2.45, 2.75) is 10.9 Å². The number of aromatic carboxylic acids is 1. The van der Waals surface area contributed by atoms with E-state index in [1.807, 2.05) is 0 Å². The number of sulfonamides is 1.